The van der Waals surface area contributed by atoms with Crippen LogP contribution in [0, 0.1) is 5.82 Å². The summed E-state index contributed by atoms with van der Waals surface area (Å²) in [5.74, 6) is -1.71. The summed E-state index contributed by atoms with van der Waals surface area (Å²) in [4.78, 5) is 39.5. The molecule has 9 heteroatoms. The number of carbonyl (C=O) groups is 3. The van der Waals surface area contributed by atoms with Gasteiger partial charge in [0.15, 0.2) is 0 Å². The second kappa shape index (κ2) is 15.1. The van der Waals surface area contributed by atoms with Crippen molar-refractivity contribution in [3.05, 3.63) is 155 Å². The Morgan fingerprint density at radius 2 is 1.38 bits per heavy atom. The third kappa shape index (κ3) is 9.01. The molecule has 0 bridgehead atoms. The fraction of sp³-hybridized carbons (Fsp3) is 0.0278. The van der Waals surface area contributed by atoms with Crippen molar-refractivity contribution in [3.63, 3.8) is 0 Å². The van der Waals surface area contributed by atoms with E-state index < -0.39 is 17.6 Å². The number of amides is 3. The molecule has 0 spiro atoms. The molecule has 224 valence electrons. The quantitative estimate of drug-likeness (QED) is 0.102. The molecule has 5 aromatic carbocycles. The Labute approximate surface area is 272 Å². The van der Waals surface area contributed by atoms with Crippen LogP contribution in [0.15, 0.2) is 142 Å². The van der Waals surface area contributed by atoms with E-state index in [4.69, 9.17) is 0 Å². The standard InChI is InChI=1S/C36H27BrFN3O3S/c37-28-15-20-32(31(38)22-28)40-34(42)23-45-30-18-16-29(17-19-30)39-36(44)33(41-35(43)27-9-5-2-6-10-27)21-24-11-13-26(14-12-24)25-7-3-1-4-8-25/h1-22H,23H2,(H,39,44)(H,40,42)(H,41,43)/b33-21-. The zero-order valence-electron chi connectivity index (χ0n) is 23.8. The number of hydrogen-bond acceptors (Lipinski definition) is 4. The predicted molar refractivity (Wildman–Crippen MR) is 182 cm³/mol. The minimum Gasteiger partial charge on any atom is -0.323 e. The summed E-state index contributed by atoms with van der Waals surface area (Å²) in [6, 6.07) is 37.7. The number of benzene rings is 5. The van der Waals surface area contributed by atoms with Crippen molar-refractivity contribution in [2.75, 3.05) is 16.4 Å². The maximum atomic E-state index is 14.0. The van der Waals surface area contributed by atoms with E-state index in [2.05, 4.69) is 31.9 Å². The van der Waals surface area contributed by atoms with Crippen LogP contribution in [-0.2, 0) is 9.59 Å². The highest BCUT2D eigenvalue weighted by atomic mass is 79.9. The van der Waals surface area contributed by atoms with E-state index in [-0.39, 0.29) is 23.0 Å². The molecule has 0 aromatic heterocycles. The largest absolute Gasteiger partial charge is 0.323 e. The van der Waals surface area contributed by atoms with E-state index in [0.29, 0.717) is 15.7 Å². The van der Waals surface area contributed by atoms with E-state index in [1.807, 2.05) is 60.7 Å². The van der Waals surface area contributed by atoms with Crippen LogP contribution in [0.2, 0.25) is 0 Å². The molecular weight excluding hydrogens is 653 g/mol. The smallest absolute Gasteiger partial charge is 0.272 e. The van der Waals surface area contributed by atoms with Gasteiger partial charge in [0, 0.05) is 20.6 Å². The highest BCUT2D eigenvalue weighted by Gasteiger charge is 2.16. The number of carbonyl (C=O) groups excluding carboxylic acids is 3. The van der Waals surface area contributed by atoms with Gasteiger partial charge in [-0.2, -0.15) is 0 Å². The number of thioether (sulfide) groups is 1. The Balaban J connectivity index is 1.26. The van der Waals surface area contributed by atoms with Crippen LogP contribution in [0.5, 0.6) is 0 Å². The lowest BCUT2D eigenvalue weighted by molar-refractivity contribution is -0.114. The van der Waals surface area contributed by atoms with E-state index in [1.165, 1.54) is 23.9 Å². The first-order valence-corrected chi connectivity index (χ1v) is 15.6. The van der Waals surface area contributed by atoms with Crippen molar-refractivity contribution in [1.29, 1.82) is 0 Å². The highest BCUT2D eigenvalue weighted by molar-refractivity contribution is 9.10. The molecule has 3 N–H and O–H groups in total. The van der Waals surface area contributed by atoms with Crippen LogP contribution in [0.1, 0.15) is 15.9 Å². The van der Waals surface area contributed by atoms with Gasteiger partial charge in [-0.15, -0.1) is 11.8 Å². The minimum atomic E-state index is -0.527. The average molecular weight is 681 g/mol. The topological polar surface area (TPSA) is 87.3 Å². The zero-order valence-corrected chi connectivity index (χ0v) is 26.2. The van der Waals surface area contributed by atoms with Crippen molar-refractivity contribution in [2.24, 2.45) is 0 Å². The Hall–Kier alpha value is -4.99. The molecule has 5 rings (SSSR count). The maximum absolute atomic E-state index is 14.0. The van der Waals surface area contributed by atoms with E-state index in [9.17, 15) is 18.8 Å². The second-order valence-corrected chi connectivity index (χ2v) is 11.8. The monoisotopic (exact) mass is 679 g/mol. The lowest BCUT2D eigenvalue weighted by atomic mass is 10.0. The van der Waals surface area contributed by atoms with E-state index >= 15 is 0 Å². The molecule has 0 heterocycles. The summed E-state index contributed by atoms with van der Waals surface area (Å²) in [7, 11) is 0. The van der Waals surface area contributed by atoms with Gasteiger partial charge in [-0.1, -0.05) is 88.7 Å². The number of halogens is 2. The summed E-state index contributed by atoms with van der Waals surface area (Å²) >= 11 is 4.47. The van der Waals surface area contributed by atoms with Crippen LogP contribution in [0.25, 0.3) is 17.2 Å². The molecule has 0 aliphatic rings. The molecule has 0 aliphatic carbocycles. The first-order valence-electron chi connectivity index (χ1n) is 13.9. The molecule has 0 saturated carbocycles. The Bertz CT molecular complexity index is 1830. The number of hydrogen-bond donors (Lipinski definition) is 3. The molecule has 45 heavy (non-hydrogen) atoms. The van der Waals surface area contributed by atoms with Crippen LogP contribution < -0.4 is 16.0 Å². The molecule has 0 unspecified atom stereocenters. The lowest BCUT2D eigenvalue weighted by Crippen LogP contribution is -2.30. The summed E-state index contributed by atoms with van der Waals surface area (Å²) < 4.78 is 14.6. The van der Waals surface area contributed by atoms with Gasteiger partial charge < -0.3 is 16.0 Å². The predicted octanol–water partition coefficient (Wildman–Crippen LogP) is 8.40. The van der Waals surface area contributed by atoms with Gasteiger partial charge in [0.1, 0.15) is 11.5 Å². The Morgan fingerprint density at radius 3 is 2.04 bits per heavy atom. The summed E-state index contributed by atoms with van der Waals surface area (Å²) in [6.07, 6.45) is 1.63. The van der Waals surface area contributed by atoms with Crippen LogP contribution in [0.4, 0.5) is 15.8 Å². The van der Waals surface area contributed by atoms with E-state index in [1.54, 1.807) is 60.7 Å². The van der Waals surface area contributed by atoms with Gasteiger partial charge in [0.2, 0.25) is 5.91 Å². The zero-order chi connectivity index (χ0) is 31.6. The number of rotatable bonds is 10. The van der Waals surface area contributed by atoms with Crippen molar-refractivity contribution < 1.29 is 18.8 Å². The molecule has 3 amide bonds. The summed E-state index contributed by atoms with van der Waals surface area (Å²) in [6.45, 7) is 0. The highest BCUT2D eigenvalue weighted by Crippen LogP contribution is 2.24. The van der Waals surface area contributed by atoms with E-state index in [0.717, 1.165) is 21.6 Å². The number of anilines is 2. The molecule has 0 fully saturated rings. The van der Waals surface area contributed by atoms with Crippen LogP contribution in [-0.4, -0.2) is 23.5 Å². The van der Waals surface area contributed by atoms with Gasteiger partial charge in [0.05, 0.1) is 11.4 Å². The summed E-state index contributed by atoms with van der Waals surface area (Å²) in [5, 5.41) is 8.15. The van der Waals surface area contributed by atoms with Crippen molar-refractivity contribution in [2.45, 2.75) is 4.90 Å². The fourth-order valence-corrected chi connectivity index (χ4v) is 5.30. The van der Waals surface area contributed by atoms with Crippen LogP contribution >= 0.6 is 27.7 Å². The van der Waals surface area contributed by atoms with Crippen molar-refractivity contribution >= 4 is 62.9 Å². The average Bonchev–Trinajstić information content (AvgIpc) is 3.06. The third-order valence-electron chi connectivity index (χ3n) is 6.54. The fourth-order valence-electron chi connectivity index (χ4n) is 4.27. The molecule has 0 radical (unpaired) electrons. The number of nitrogens with one attached hydrogen (secondary N) is 3. The first-order chi connectivity index (χ1) is 21.8. The van der Waals surface area contributed by atoms with Gasteiger partial charge in [-0.3, -0.25) is 14.4 Å². The van der Waals surface area contributed by atoms with Crippen molar-refractivity contribution in [1.82, 2.24) is 5.32 Å². The maximum Gasteiger partial charge on any atom is 0.272 e. The molecule has 0 atom stereocenters. The first kappa shape index (κ1) is 31.4. The Morgan fingerprint density at radius 1 is 0.733 bits per heavy atom. The molecule has 5 aromatic rings. The molecule has 0 saturated heterocycles. The van der Waals surface area contributed by atoms with Gasteiger partial charge in [0.25, 0.3) is 11.8 Å². The van der Waals surface area contributed by atoms with Crippen molar-refractivity contribution in [3.8, 4) is 11.1 Å². The van der Waals surface area contributed by atoms with Gasteiger partial charge in [-0.25, -0.2) is 4.39 Å². The lowest BCUT2D eigenvalue weighted by Gasteiger charge is -2.12. The molecule has 0 aliphatic heterocycles. The normalized spacial score (nSPS) is 11.0. The van der Waals surface area contributed by atoms with Gasteiger partial charge >= 0.3 is 0 Å². The Kier molecular flexibility index (Phi) is 10.6. The summed E-state index contributed by atoms with van der Waals surface area (Å²) in [5.41, 5.74) is 3.95. The SMILES string of the molecule is O=C(CSc1ccc(NC(=O)/C(=C/c2ccc(-c3ccccc3)cc2)NC(=O)c2ccccc2)cc1)Nc1ccc(Br)cc1F. The molecule has 6 nitrogen and oxygen atoms in total. The molecular formula is C36H27BrFN3O3S. The van der Waals surface area contributed by atoms with Crippen LogP contribution in [0.3, 0.4) is 0 Å². The second-order valence-electron chi connectivity index (χ2n) is 9.81. The van der Waals surface area contributed by atoms with Gasteiger partial charge in [-0.05, 0) is 77.4 Å². The third-order valence-corrected chi connectivity index (χ3v) is 8.05. The minimum absolute atomic E-state index is 0.0721.